The molecular formula is C16H17NO4. The van der Waals surface area contributed by atoms with Crippen LogP contribution >= 0.6 is 0 Å². The Morgan fingerprint density at radius 3 is 2.52 bits per heavy atom. The first-order valence-electron chi connectivity index (χ1n) is 6.75. The minimum Gasteiger partial charge on any atom is -0.479 e. The van der Waals surface area contributed by atoms with Gasteiger partial charge in [0.15, 0.2) is 12.7 Å². The fourth-order valence-electron chi connectivity index (χ4n) is 1.77. The topological polar surface area (TPSA) is 68.4 Å². The highest BCUT2D eigenvalue weighted by atomic mass is 16.6. The van der Waals surface area contributed by atoms with Crippen LogP contribution in [-0.2, 0) is 9.53 Å². The third kappa shape index (κ3) is 4.21. The number of hydrogen-bond donors (Lipinski definition) is 1. The van der Waals surface area contributed by atoms with Gasteiger partial charge in [-0.1, -0.05) is 25.1 Å². The zero-order chi connectivity index (χ0) is 15.1. The van der Waals surface area contributed by atoms with Crippen molar-refractivity contribution in [2.75, 3.05) is 6.61 Å². The normalized spacial score (nSPS) is 11.7. The molecule has 1 N–H and O–H groups in total. The van der Waals surface area contributed by atoms with Gasteiger partial charge < -0.3 is 14.5 Å². The number of ketones is 1. The van der Waals surface area contributed by atoms with E-state index in [1.807, 2.05) is 25.1 Å². The molecular weight excluding hydrogens is 270 g/mol. The van der Waals surface area contributed by atoms with E-state index in [9.17, 15) is 9.59 Å². The fourth-order valence-corrected chi connectivity index (χ4v) is 1.77. The van der Waals surface area contributed by atoms with Crippen LogP contribution in [0, 0.1) is 0 Å². The molecule has 1 atom stereocenters. The lowest BCUT2D eigenvalue weighted by Crippen LogP contribution is -2.30. The van der Waals surface area contributed by atoms with E-state index in [-0.39, 0.29) is 12.4 Å². The van der Waals surface area contributed by atoms with Crippen molar-refractivity contribution in [3.05, 3.63) is 54.4 Å². The standard InChI is InChI=1S/C16H17NO4/c1-2-15(21-12-7-4-3-5-8-12)16(19)20-11-14(18)13-9-6-10-17-13/h3-10,15,17H,2,11H2,1H3/t15-/m0/s1. The number of aromatic nitrogens is 1. The molecule has 2 rings (SSSR count). The molecule has 21 heavy (non-hydrogen) atoms. The van der Waals surface area contributed by atoms with Crippen molar-refractivity contribution in [2.24, 2.45) is 0 Å². The van der Waals surface area contributed by atoms with Gasteiger partial charge in [0.25, 0.3) is 0 Å². The number of carbonyl (C=O) groups excluding carboxylic acids is 2. The van der Waals surface area contributed by atoms with E-state index in [4.69, 9.17) is 9.47 Å². The molecule has 0 aliphatic rings. The molecule has 0 saturated carbocycles. The van der Waals surface area contributed by atoms with Crippen molar-refractivity contribution in [3.8, 4) is 5.75 Å². The smallest absolute Gasteiger partial charge is 0.347 e. The quantitative estimate of drug-likeness (QED) is 0.628. The van der Waals surface area contributed by atoms with E-state index in [2.05, 4.69) is 4.98 Å². The first-order valence-corrected chi connectivity index (χ1v) is 6.75. The Morgan fingerprint density at radius 2 is 1.90 bits per heavy atom. The van der Waals surface area contributed by atoms with Crippen molar-refractivity contribution in [2.45, 2.75) is 19.4 Å². The van der Waals surface area contributed by atoms with E-state index in [1.54, 1.807) is 30.5 Å². The third-order valence-corrected chi connectivity index (χ3v) is 2.90. The van der Waals surface area contributed by atoms with Gasteiger partial charge in [-0.25, -0.2) is 4.79 Å². The molecule has 0 unspecified atom stereocenters. The van der Waals surface area contributed by atoms with E-state index >= 15 is 0 Å². The predicted octanol–water partition coefficient (Wildman–Crippen LogP) is 2.60. The van der Waals surface area contributed by atoms with Crippen LogP contribution in [0.3, 0.4) is 0 Å². The summed E-state index contributed by atoms with van der Waals surface area (Å²) in [7, 11) is 0. The van der Waals surface area contributed by atoms with E-state index in [1.165, 1.54) is 0 Å². The van der Waals surface area contributed by atoms with Gasteiger partial charge in [0.1, 0.15) is 5.75 Å². The van der Waals surface area contributed by atoms with Gasteiger partial charge in [-0.05, 0) is 30.7 Å². The summed E-state index contributed by atoms with van der Waals surface area (Å²) in [4.78, 5) is 26.4. The molecule has 5 heteroatoms. The Bertz CT molecular complexity index is 578. The van der Waals surface area contributed by atoms with Crippen molar-refractivity contribution < 1.29 is 19.1 Å². The number of rotatable bonds is 7. The van der Waals surface area contributed by atoms with Gasteiger partial charge in [0.05, 0.1) is 5.69 Å². The number of H-pyrrole nitrogens is 1. The highest BCUT2D eigenvalue weighted by Crippen LogP contribution is 2.13. The summed E-state index contributed by atoms with van der Waals surface area (Å²) < 4.78 is 10.6. The van der Waals surface area contributed by atoms with Crippen molar-refractivity contribution in [3.63, 3.8) is 0 Å². The predicted molar refractivity (Wildman–Crippen MR) is 77.2 cm³/mol. The van der Waals surface area contributed by atoms with Gasteiger partial charge in [0, 0.05) is 6.20 Å². The van der Waals surface area contributed by atoms with Crippen molar-refractivity contribution in [1.82, 2.24) is 4.98 Å². The van der Waals surface area contributed by atoms with Crippen LogP contribution in [0.1, 0.15) is 23.8 Å². The first kappa shape index (κ1) is 14.8. The van der Waals surface area contributed by atoms with Gasteiger partial charge in [-0.2, -0.15) is 0 Å². The first-order chi connectivity index (χ1) is 10.2. The second-order valence-corrected chi connectivity index (χ2v) is 4.44. The highest BCUT2D eigenvalue weighted by molar-refractivity contribution is 5.96. The molecule has 0 aliphatic carbocycles. The summed E-state index contributed by atoms with van der Waals surface area (Å²) in [6.45, 7) is 1.52. The van der Waals surface area contributed by atoms with Gasteiger partial charge in [0.2, 0.25) is 5.78 Å². The van der Waals surface area contributed by atoms with Crippen molar-refractivity contribution in [1.29, 1.82) is 0 Å². The average Bonchev–Trinajstić information content (AvgIpc) is 3.05. The zero-order valence-electron chi connectivity index (χ0n) is 11.7. The molecule has 1 aromatic carbocycles. The number of para-hydroxylation sites is 1. The molecule has 2 aromatic rings. The molecule has 0 bridgehead atoms. The van der Waals surface area contributed by atoms with Crippen LogP contribution in [0.2, 0.25) is 0 Å². The van der Waals surface area contributed by atoms with Gasteiger partial charge >= 0.3 is 5.97 Å². The lowest BCUT2D eigenvalue weighted by atomic mass is 10.2. The Balaban J connectivity index is 1.87. The number of aromatic amines is 1. The number of carbonyl (C=O) groups is 2. The third-order valence-electron chi connectivity index (χ3n) is 2.90. The van der Waals surface area contributed by atoms with E-state index in [0.717, 1.165) is 0 Å². The highest BCUT2D eigenvalue weighted by Gasteiger charge is 2.21. The molecule has 1 heterocycles. The average molecular weight is 287 g/mol. The number of Topliss-reactive ketones (excluding diaryl/α,β-unsaturated/α-hetero) is 1. The minimum absolute atomic E-state index is 0.275. The van der Waals surface area contributed by atoms with E-state index in [0.29, 0.717) is 17.9 Å². The molecule has 0 aliphatic heterocycles. The van der Waals surface area contributed by atoms with Gasteiger partial charge in [-0.3, -0.25) is 4.79 Å². The number of nitrogens with one attached hydrogen (secondary N) is 1. The molecule has 0 amide bonds. The summed E-state index contributed by atoms with van der Waals surface area (Å²) in [6, 6.07) is 12.4. The van der Waals surface area contributed by atoms with E-state index < -0.39 is 12.1 Å². The number of benzene rings is 1. The number of esters is 1. The summed E-state index contributed by atoms with van der Waals surface area (Å²) in [6.07, 6.45) is 1.39. The summed E-state index contributed by atoms with van der Waals surface area (Å²) in [5.41, 5.74) is 0.417. The molecule has 110 valence electrons. The lowest BCUT2D eigenvalue weighted by Gasteiger charge is -2.16. The SMILES string of the molecule is CC[C@H](Oc1ccccc1)C(=O)OCC(=O)c1ccc[nH]1. The Morgan fingerprint density at radius 1 is 1.14 bits per heavy atom. The van der Waals surface area contributed by atoms with Crippen LogP contribution in [0.25, 0.3) is 0 Å². The zero-order valence-corrected chi connectivity index (χ0v) is 11.7. The Hall–Kier alpha value is -2.56. The van der Waals surface area contributed by atoms with Crippen LogP contribution in [0.5, 0.6) is 5.75 Å². The summed E-state index contributed by atoms with van der Waals surface area (Å²) >= 11 is 0. The maximum absolute atomic E-state index is 11.9. The molecule has 1 aromatic heterocycles. The fraction of sp³-hybridized carbons (Fsp3) is 0.250. The second kappa shape index (κ2) is 7.28. The number of hydrogen-bond acceptors (Lipinski definition) is 4. The minimum atomic E-state index is -0.719. The van der Waals surface area contributed by atoms with Crippen LogP contribution in [0.15, 0.2) is 48.7 Å². The van der Waals surface area contributed by atoms with Crippen LogP contribution in [0.4, 0.5) is 0 Å². The van der Waals surface area contributed by atoms with Crippen LogP contribution in [-0.4, -0.2) is 29.4 Å². The summed E-state index contributed by atoms with van der Waals surface area (Å²) in [5, 5.41) is 0. The molecule has 0 spiro atoms. The largest absolute Gasteiger partial charge is 0.479 e. The molecule has 0 radical (unpaired) electrons. The molecule has 0 saturated heterocycles. The number of ether oxygens (including phenoxy) is 2. The lowest BCUT2D eigenvalue weighted by molar-refractivity contribution is -0.150. The Kier molecular flexibility index (Phi) is 5.15. The van der Waals surface area contributed by atoms with Gasteiger partial charge in [-0.15, -0.1) is 0 Å². The monoisotopic (exact) mass is 287 g/mol. The maximum atomic E-state index is 11.9. The maximum Gasteiger partial charge on any atom is 0.347 e. The molecule has 0 fully saturated rings. The Labute approximate surface area is 122 Å². The van der Waals surface area contributed by atoms with Crippen LogP contribution < -0.4 is 4.74 Å². The second-order valence-electron chi connectivity index (χ2n) is 4.44. The molecule has 5 nitrogen and oxygen atoms in total. The summed E-state index contributed by atoms with van der Waals surface area (Å²) in [5.74, 6) is -0.221. The van der Waals surface area contributed by atoms with Crippen molar-refractivity contribution >= 4 is 11.8 Å².